The first-order valence-corrected chi connectivity index (χ1v) is 6.91. The van der Waals surface area contributed by atoms with Crippen molar-refractivity contribution >= 4 is 34.3 Å². The van der Waals surface area contributed by atoms with E-state index < -0.39 is 0 Å². The predicted octanol–water partition coefficient (Wildman–Crippen LogP) is 4.30. The number of hydrogen-bond donors (Lipinski definition) is 1. The SMILES string of the molecule is COc1c(Cl)cc(-c2nc3cc(CO)ccc3o2)cc1Cl. The van der Waals surface area contributed by atoms with Crippen molar-refractivity contribution in [2.75, 3.05) is 7.11 Å². The van der Waals surface area contributed by atoms with Crippen molar-refractivity contribution in [3.8, 4) is 17.2 Å². The molecule has 0 radical (unpaired) electrons. The number of halogens is 2. The van der Waals surface area contributed by atoms with Crippen LogP contribution in [0.15, 0.2) is 34.7 Å². The Morgan fingerprint density at radius 3 is 2.52 bits per heavy atom. The highest BCUT2D eigenvalue weighted by Gasteiger charge is 2.14. The van der Waals surface area contributed by atoms with E-state index in [1.54, 1.807) is 30.3 Å². The lowest BCUT2D eigenvalue weighted by molar-refractivity contribution is 0.282. The van der Waals surface area contributed by atoms with Gasteiger partial charge in [0, 0.05) is 5.56 Å². The minimum atomic E-state index is -0.0433. The molecule has 0 aliphatic carbocycles. The number of hydrogen-bond acceptors (Lipinski definition) is 4. The average Bonchev–Trinajstić information content (AvgIpc) is 2.89. The van der Waals surface area contributed by atoms with E-state index in [1.807, 2.05) is 0 Å². The molecule has 0 bridgehead atoms. The lowest BCUT2D eigenvalue weighted by Crippen LogP contribution is -1.87. The molecule has 4 nitrogen and oxygen atoms in total. The van der Waals surface area contributed by atoms with E-state index >= 15 is 0 Å². The van der Waals surface area contributed by atoms with Crippen LogP contribution >= 0.6 is 23.2 Å². The van der Waals surface area contributed by atoms with Crippen LogP contribution in [0.1, 0.15) is 5.56 Å². The molecule has 0 aliphatic heterocycles. The topological polar surface area (TPSA) is 55.5 Å². The van der Waals surface area contributed by atoms with E-state index in [1.165, 1.54) is 7.11 Å². The van der Waals surface area contributed by atoms with E-state index in [9.17, 15) is 0 Å². The fourth-order valence-electron chi connectivity index (χ4n) is 2.07. The Labute approximate surface area is 130 Å². The van der Waals surface area contributed by atoms with E-state index in [2.05, 4.69) is 4.98 Å². The Hall–Kier alpha value is -1.75. The van der Waals surface area contributed by atoms with Gasteiger partial charge in [-0.25, -0.2) is 4.98 Å². The van der Waals surface area contributed by atoms with Crippen LogP contribution in [0, 0.1) is 0 Å². The van der Waals surface area contributed by atoms with E-state index in [4.69, 9.17) is 37.5 Å². The average molecular weight is 324 g/mol. The predicted molar refractivity (Wildman–Crippen MR) is 81.9 cm³/mol. The monoisotopic (exact) mass is 323 g/mol. The maximum atomic E-state index is 9.14. The zero-order chi connectivity index (χ0) is 15.0. The van der Waals surface area contributed by atoms with Crippen molar-refractivity contribution in [1.29, 1.82) is 0 Å². The minimum Gasteiger partial charge on any atom is -0.494 e. The third-order valence-corrected chi connectivity index (χ3v) is 3.65. The first kappa shape index (κ1) is 14.2. The third kappa shape index (κ3) is 2.58. The number of methoxy groups -OCH3 is 1. The van der Waals surface area contributed by atoms with Crippen LogP contribution in [0.2, 0.25) is 10.0 Å². The van der Waals surface area contributed by atoms with Gasteiger partial charge in [0.15, 0.2) is 11.3 Å². The zero-order valence-electron chi connectivity index (χ0n) is 11.1. The molecule has 0 saturated heterocycles. The number of aliphatic hydroxyl groups is 1. The Bertz CT molecular complexity index is 791. The molecule has 0 amide bonds. The van der Waals surface area contributed by atoms with Crippen LogP contribution < -0.4 is 4.74 Å². The molecule has 21 heavy (non-hydrogen) atoms. The Morgan fingerprint density at radius 1 is 1.19 bits per heavy atom. The van der Waals surface area contributed by atoms with Crippen molar-refractivity contribution in [3.05, 3.63) is 45.9 Å². The first-order chi connectivity index (χ1) is 10.1. The summed E-state index contributed by atoms with van der Waals surface area (Å²) < 4.78 is 10.8. The number of fused-ring (bicyclic) bond motifs is 1. The lowest BCUT2D eigenvalue weighted by Gasteiger charge is -2.06. The van der Waals surface area contributed by atoms with Gasteiger partial charge in [-0.3, -0.25) is 0 Å². The van der Waals surface area contributed by atoms with Crippen LogP contribution in [0.3, 0.4) is 0 Å². The van der Waals surface area contributed by atoms with Crippen LogP contribution in [-0.2, 0) is 6.61 Å². The number of aliphatic hydroxyl groups excluding tert-OH is 1. The Kier molecular flexibility index (Phi) is 3.76. The molecule has 0 atom stereocenters. The van der Waals surface area contributed by atoms with Crippen molar-refractivity contribution in [1.82, 2.24) is 4.98 Å². The molecule has 1 N–H and O–H groups in total. The van der Waals surface area contributed by atoms with Crippen LogP contribution in [0.4, 0.5) is 0 Å². The molecule has 0 fully saturated rings. The molecule has 2 aromatic carbocycles. The maximum absolute atomic E-state index is 9.14. The fourth-order valence-corrected chi connectivity index (χ4v) is 2.71. The minimum absolute atomic E-state index is 0.0433. The zero-order valence-corrected chi connectivity index (χ0v) is 12.6. The van der Waals surface area contributed by atoms with E-state index in [-0.39, 0.29) is 6.61 Å². The van der Waals surface area contributed by atoms with Crippen molar-refractivity contribution < 1.29 is 14.3 Å². The van der Waals surface area contributed by atoms with Gasteiger partial charge in [-0.15, -0.1) is 0 Å². The molecule has 0 saturated carbocycles. The van der Waals surface area contributed by atoms with Crippen LogP contribution in [-0.4, -0.2) is 17.2 Å². The fraction of sp³-hybridized carbons (Fsp3) is 0.133. The maximum Gasteiger partial charge on any atom is 0.227 e. The van der Waals surface area contributed by atoms with Crippen LogP contribution in [0.5, 0.6) is 5.75 Å². The quantitative estimate of drug-likeness (QED) is 0.780. The summed E-state index contributed by atoms with van der Waals surface area (Å²) in [6, 6.07) is 8.69. The second-order valence-corrected chi connectivity index (χ2v) is 5.27. The number of benzene rings is 2. The molecular weight excluding hydrogens is 313 g/mol. The number of oxazole rings is 1. The van der Waals surface area contributed by atoms with Gasteiger partial charge in [-0.05, 0) is 29.8 Å². The molecule has 0 spiro atoms. The number of aromatic nitrogens is 1. The Balaban J connectivity index is 2.12. The summed E-state index contributed by atoms with van der Waals surface area (Å²) in [6.07, 6.45) is 0. The van der Waals surface area contributed by atoms with Gasteiger partial charge in [0.2, 0.25) is 5.89 Å². The molecule has 6 heteroatoms. The van der Waals surface area contributed by atoms with Crippen LogP contribution in [0.25, 0.3) is 22.6 Å². The number of nitrogens with zero attached hydrogens (tertiary/aromatic N) is 1. The van der Waals surface area contributed by atoms with Gasteiger partial charge in [0.1, 0.15) is 5.52 Å². The van der Waals surface area contributed by atoms with Gasteiger partial charge in [0.05, 0.1) is 23.8 Å². The van der Waals surface area contributed by atoms with Gasteiger partial charge in [-0.1, -0.05) is 29.3 Å². The third-order valence-electron chi connectivity index (χ3n) is 3.08. The molecule has 1 aromatic heterocycles. The second-order valence-electron chi connectivity index (χ2n) is 4.45. The molecule has 0 unspecified atom stereocenters. The summed E-state index contributed by atoms with van der Waals surface area (Å²) in [5.74, 6) is 0.826. The highest BCUT2D eigenvalue weighted by molar-refractivity contribution is 6.37. The number of ether oxygens (including phenoxy) is 1. The summed E-state index contributed by atoms with van der Waals surface area (Å²) in [6.45, 7) is -0.0433. The molecule has 0 aliphatic rings. The Morgan fingerprint density at radius 2 is 1.90 bits per heavy atom. The van der Waals surface area contributed by atoms with Gasteiger partial charge in [-0.2, -0.15) is 0 Å². The molecule has 3 rings (SSSR count). The summed E-state index contributed by atoms with van der Waals surface area (Å²) in [5, 5.41) is 9.92. The van der Waals surface area contributed by atoms with E-state index in [0.717, 1.165) is 5.56 Å². The molecule has 3 aromatic rings. The summed E-state index contributed by atoms with van der Waals surface area (Å²) in [5.41, 5.74) is 2.73. The highest BCUT2D eigenvalue weighted by atomic mass is 35.5. The second kappa shape index (κ2) is 5.56. The normalized spacial score (nSPS) is 11.0. The summed E-state index contributed by atoms with van der Waals surface area (Å²) in [4.78, 5) is 4.39. The van der Waals surface area contributed by atoms with Crippen molar-refractivity contribution in [2.24, 2.45) is 0 Å². The highest BCUT2D eigenvalue weighted by Crippen LogP contribution is 2.37. The van der Waals surface area contributed by atoms with E-state index in [0.29, 0.717) is 38.3 Å². The van der Waals surface area contributed by atoms with Gasteiger partial charge < -0.3 is 14.3 Å². The first-order valence-electron chi connectivity index (χ1n) is 6.16. The van der Waals surface area contributed by atoms with Crippen molar-refractivity contribution in [3.63, 3.8) is 0 Å². The lowest BCUT2D eigenvalue weighted by atomic mass is 10.2. The van der Waals surface area contributed by atoms with Gasteiger partial charge >= 0.3 is 0 Å². The summed E-state index contributed by atoms with van der Waals surface area (Å²) in [7, 11) is 1.50. The summed E-state index contributed by atoms with van der Waals surface area (Å²) >= 11 is 12.2. The van der Waals surface area contributed by atoms with Gasteiger partial charge in [0.25, 0.3) is 0 Å². The molecular formula is C15H11Cl2NO3. The standard InChI is InChI=1S/C15H11Cl2NO3/c1-20-14-10(16)5-9(6-11(14)17)15-18-12-4-8(7-19)2-3-13(12)21-15/h2-6,19H,7H2,1H3. The smallest absolute Gasteiger partial charge is 0.227 e. The number of rotatable bonds is 3. The largest absolute Gasteiger partial charge is 0.494 e. The molecule has 108 valence electrons. The molecule has 1 heterocycles. The van der Waals surface area contributed by atoms with Crippen molar-refractivity contribution in [2.45, 2.75) is 6.61 Å².